The Morgan fingerprint density at radius 2 is 2.07 bits per heavy atom. The lowest BCUT2D eigenvalue weighted by molar-refractivity contribution is -0.125. The number of fused-ring (bicyclic) bond motifs is 1. The molecule has 7 heteroatoms. The van der Waals surface area contributed by atoms with Crippen molar-refractivity contribution < 1.29 is 18.7 Å². The molecule has 0 radical (unpaired) electrons. The number of nitrogens with zero attached hydrogens (tertiary/aromatic N) is 2. The Bertz CT molecular complexity index is 1010. The first kappa shape index (κ1) is 19.8. The first-order chi connectivity index (χ1) is 14.6. The van der Waals surface area contributed by atoms with E-state index in [2.05, 4.69) is 10.3 Å². The van der Waals surface area contributed by atoms with Crippen molar-refractivity contribution in [2.75, 3.05) is 25.0 Å². The number of aromatic nitrogens is 1. The van der Waals surface area contributed by atoms with Gasteiger partial charge >= 0.3 is 0 Å². The Hall–Kier alpha value is -3.48. The van der Waals surface area contributed by atoms with E-state index in [1.165, 1.54) is 12.1 Å². The molecule has 2 amide bonds. The molecule has 3 heterocycles. The lowest BCUT2D eigenvalue weighted by Crippen LogP contribution is -2.34. The van der Waals surface area contributed by atoms with Crippen molar-refractivity contribution in [2.45, 2.75) is 19.3 Å². The van der Waals surface area contributed by atoms with Gasteiger partial charge in [0.2, 0.25) is 11.8 Å². The number of nitrogens with one attached hydrogen (secondary N) is 1. The molecule has 0 saturated carbocycles. The van der Waals surface area contributed by atoms with Gasteiger partial charge in [0.25, 0.3) is 0 Å². The average molecular weight is 407 g/mol. The maximum atomic E-state index is 12.9. The number of hydrogen-bond donors (Lipinski definition) is 1. The van der Waals surface area contributed by atoms with Crippen molar-refractivity contribution in [3.05, 3.63) is 71.2 Å². The van der Waals surface area contributed by atoms with E-state index in [1.807, 2.05) is 12.1 Å². The van der Waals surface area contributed by atoms with E-state index in [1.54, 1.807) is 35.4 Å². The minimum atomic E-state index is -0.292. The molecule has 0 unspecified atom stereocenters. The van der Waals surface area contributed by atoms with Crippen molar-refractivity contribution in [1.82, 2.24) is 9.88 Å². The van der Waals surface area contributed by atoms with Crippen molar-refractivity contribution in [3.8, 4) is 5.75 Å². The molecule has 30 heavy (non-hydrogen) atoms. The van der Waals surface area contributed by atoms with Crippen LogP contribution in [0.15, 0.2) is 54.3 Å². The van der Waals surface area contributed by atoms with Crippen LogP contribution in [0, 0.1) is 5.82 Å². The highest BCUT2D eigenvalue weighted by Crippen LogP contribution is 2.21. The first-order valence-electron chi connectivity index (χ1n) is 9.89. The number of rotatable bonds is 5. The predicted molar refractivity (Wildman–Crippen MR) is 111 cm³/mol. The van der Waals surface area contributed by atoms with Crippen LogP contribution in [0.25, 0.3) is 6.08 Å². The number of halogens is 1. The number of benzene rings is 1. The van der Waals surface area contributed by atoms with Crippen molar-refractivity contribution in [2.24, 2.45) is 0 Å². The van der Waals surface area contributed by atoms with Gasteiger partial charge in [-0.25, -0.2) is 9.37 Å². The Labute approximate surface area is 174 Å². The zero-order chi connectivity index (χ0) is 20.9. The average Bonchev–Trinajstić information content (AvgIpc) is 2.77. The van der Waals surface area contributed by atoms with Crippen LogP contribution in [0.5, 0.6) is 5.75 Å². The first-order valence-corrected chi connectivity index (χ1v) is 9.89. The smallest absolute Gasteiger partial charge is 0.246 e. The third kappa shape index (κ3) is 4.92. The molecule has 0 bridgehead atoms. The minimum absolute atomic E-state index is 0.0194. The number of amides is 2. The minimum Gasteiger partial charge on any atom is -0.489 e. The van der Waals surface area contributed by atoms with Gasteiger partial charge in [-0.1, -0.05) is 6.08 Å². The Morgan fingerprint density at radius 1 is 1.23 bits per heavy atom. The summed E-state index contributed by atoms with van der Waals surface area (Å²) in [6.45, 7) is 1.58. The molecule has 0 fully saturated rings. The number of hydrogen-bond acceptors (Lipinski definition) is 4. The highest BCUT2D eigenvalue weighted by Gasteiger charge is 2.17. The monoisotopic (exact) mass is 407 g/mol. The fourth-order valence-electron chi connectivity index (χ4n) is 3.39. The lowest BCUT2D eigenvalue weighted by atomic mass is 10.0. The molecule has 0 spiro atoms. The van der Waals surface area contributed by atoms with Gasteiger partial charge in [-0.3, -0.25) is 9.59 Å². The van der Waals surface area contributed by atoms with E-state index >= 15 is 0 Å². The van der Waals surface area contributed by atoms with Crippen LogP contribution in [0.3, 0.4) is 0 Å². The van der Waals surface area contributed by atoms with E-state index < -0.39 is 0 Å². The second-order valence-electron chi connectivity index (χ2n) is 7.30. The Morgan fingerprint density at radius 3 is 2.83 bits per heavy atom. The zero-order valence-electron chi connectivity index (χ0n) is 16.4. The molecule has 6 nitrogen and oxygen atoms in total. The largest absolute Gasteiger partial charge is 0.489 e. The number of ether oxygens (including phenoxy) is 1. The van der Waals surface area contributed by atoms with Gasteiger partial charge in [0.15, 0.2) is 0 Å². The maximum absolute atomic E-state index is 12.9. The summed E-state index contributed by atoms with van der Waals surface area (Å²) >= 11 is 0. The summed E-state index contributed by atoms with van der Waals surface area (Å²) in [5, 5.41) is 2.75. The highest BCUT2D eigenvalue weighted by molar-refractivity contribution is 5.94. The summed E-state index contributed by atoms with van der Waals surface area (Å²) in [7, 11) is 0. The molecule has 0 saturated heterocycles. The van der Waals surface area contributed by atoms with E-state index in [9.17, 15) is 14.0 Å². The van der Waals surface area contributed by atoms with Crippen LogP contribution < -0.4 is 10.1 Å². The van der Waals surface area contributed by atoms with Gasteiger partial charge in [0.05, 0.1) is 0 Å². The van der Waals surface area contributed by atoms with E-state index in [-0.39, 0.29) is 17.6 Å². The normalized spacial score (nSPS) is 16.1. The summed E-state index contributed by atoms with van der Waals surface area (Å²) in [6.07, 6.45) is 8.80. The van der Waals surface area contributed by atoms with E-state index in [0.29, 0.717) is 44.1 Å². The van der Waals surface area contributed by atoms with Gasteiger partial charge < -0.3 is 15.0 Å². The molecule has 4 rings (SSSR count). The van der Waals surface area contributed by atoms with Crippen molar-refractivity contribution >= 4 is 23.7 Å². The molecular weight excluding hydrogens is 385 g/mol. The Kier molecular flexibility index (Phi) is 5.88. The molecular formula is C23H22FN3O3. The van der Waals surface area contributed by atoms with Crippen molar-refractivity contribution in [3.63, 3.8) is 0 Å². The predicted octanol–water partition coefficient (Wildman–Crippen LogP) is 3.36. The van der Waals surface area contributed by atoms with Crippen LogP contribution in [-0.2, 0) is 16.0 Å². The molecule has 0 aliphatic carbocycles. The third-order valence-corrected chi connectivity index (χ3v) is 5.14. The molecule has 2 aliphatic rings. The van der Waals surface area contributed by atoms with Crippen LogP contribution in [0.1, 0.15) is 24.0 Å². The summed E-state index contributed by atoms with van der Waals surface area (Å²) < 4.78 is 18.6. The third-order valence-electron chi connectivity index (χ3n) is 5.14. The molecule has 0 atom stereocenters. The van der Waals surface area contributed by atoms with Gasteiger partial charge in [0.1, 0.15) is 24.0 Å². The molecule has 1 aromatic carbocycles. The fraction of sp³-hybridized carbons (Fsp3) is 0.261. The van der Waals surface area contributed by atoms with Gasteiger partial charge in [-0.05, 0) is 65.9 Å². The second kappa shape index (κ2) is 8.90. The summed E-state index contributed by atoms with van der Waals surface area (Å²) in [6, 6.07) is 7.88. The number of carbonyl (C=O) groups is 2. The molecule has 2 aliphatic heterocycles. The summed E-state index contributed by atoms with van der Waals surface area (Å²) in [5.74, 6) is 0.854. The topological polar surface area (TPSA) is 71.5 Å². The van der Waals surface area contributed by atoms with Gasteiger partial charge in [-0.2, -0.15) is 0 Å². The Balaban J connectivity index is 1.29. The van der Waals surface area contributed by atoms with Crippen LogP contribution >= 0.6 is 0 Å². The fourth-order valence-corrected chi connectivity index (χ4v) is 3.39. The quantitative estimate of drug-likeness (QED) is 0.610. The summed E-state index contributed by atoms with van der Waals surface area (Å²) in [5.41, 5.74) is 2.93. The lowest BCUT2D eigenvalue weighted by Gasteiger charge is -2.25. The van der Waals surface area contributed by atoms with Crippen molar-refractivity contribution in [1.29, 1.82) is 0 Å². The number of carbonyl (C=O) groups excluding carboxylic acids is 2. The summed E-state index contributed by atoms with van der Waals surface area (Å²) in [4.78, 5) is 29.9. The maximum Gasteiger partial charge on any atom is 0.246 e. The highest BCUT2D eigenvalue weighted by atomic mass is 19.1. The molecule has 1 aromatic heterocycles. The zero-order valence-corrected chi connectivity index (χ0v) is 16.4. The van der Waals surface area contributed by atoms with Crippen LogP contribution in [-0.4, -0.2) is 41.4 Å². The molecule has 2 aromatic rings. The number of anilines is 1. The molecule has 1 N–H and O–H groups in total. The number of pyridine rings is 1. The van der Waals surface area contributed by atoms with Gasteiger partial charge in [0, 0.05) is 31.8 Å². The SMILES string of the molecule is O=C1CCc2cc(/C=C/C(=O)N3CC=C(COc4ccc(F)cc4)CC3)cnc2N1. The van der Waals surface area contributed by atoms with E-state index in [4.69, 9.17) is 4.74 Å². The van der Waals surface area contributed by atoms with Gasteiger partial charge in [-0.15, -0.1) is 0 Å². The second-order valence-corrected chi connectivity index (χ2v) is 7.30. The standard InChI is InChI=1S/C23H22FN3O3/c24-19-3-5-20(6-4-19)30-15-16-9-11-27(12-10-16)22(29)8-1-17-13-18-2-7-21(28)26-23(18)25-14-17/h1,3-6,8-9,13-14H,2,7,10-12,15H2,(H,25,26,28)/b8-1+. The molecule has 154 valence electrons. The van der Waals surface area contributed by atoms with Crippen LogP contribution in [0.4, 0.5) is 10.2 Å². The number of aryl methyl sites for hydroxylation is 1. The van der Waals surface area contributed by atoms with Crippen LogP contribution in [0.2, 0.25) is 0 Å². The van der Waals surface area contributed by atoms with E-state index in [0.717, 1.165) is 23.1 Å².